The molecule has 20 heavy (non-hydrogen) atoms. The van der Waals surface area contributed by atoms with Crippen LogP contribution < -0.4 is 5.32 Å². The van der Waals surface area contributed by atoms with E-state index in [2.05, 4.69) is 29.1 Å². The number of rotatable bonds is 7. The number of pyridine rings is 1. The lowest BCUT2D eigenvalue weighted by atomic mass is 10.1. The maximum absolute atomic E-state index is 10.0. The molecule has 0 spiro atoms. The molecule has 0 bridgehead atoms. The van der Waals surface area contributed by atoms with Gasteiger partial charge in [0.25, 0.3) is 0 Å². The molecule has 0 aromatic carbocycles. The number of aliphatic hydroxyl groups is 1. The number of aliphatic hydroxyl groups excluding tert-OH is 1. The topological polar surface area (TPSA) is 63.0 Å². The van der Waals surface area contributed by atoms with Gasteiger partial charge in [-0.1, -0.05) is 13.8 Å². The largest absolute Gasteiger partial charge is 0.361 e. The molecule has 0 aliphatic heterocycles. The van der Waals surface area contributed by atoms with E-state index in [0.717, 1.165) is 30.6 Å². The summed E-state index contributed by atoms with van der Waals surface area (Å²) in [6.45, 7) is 5.19. The first kappa shape index (κ1) is 14.7. The summed E-state index contributed by atoms with van der Waals surface area (Å²) in [5.41, 5.74) is 1.75. The summed E-state index contributed by atoms with van der Waals surface area (Å²) in [7, 11) is 0. The number of nitrogens with zero attached hydrogens (tertiary/aromatic N) is 3. The number of nitrogens with one attached hydrogen (secondary N) is 1. The molecule has 2 aromatic rings. The van der Waals surface area contributed by atoms with Crippen molar-refractivity contribution >= 4 is 0 Å². The molecule has 108 valence electrons. The van der Waals surface area contributed by atoms with Gasteiger partial charge in [-0.15, -0.1) is 0 Å². The standard InChI is InChI=1S/C15H22N4O/c1-12(2)5-3-8-17-15(20)19-10-14(18-11-19)13-6-4-7-16-9-13/h4,6-7,9-12,15,17,20H,3,5,8H2,1-2H3. The molecule has 5 nitrogen and oxygen atoms in total. The minimum Gasteiger partial charge on any atom is -0.361 e. The van der Waals surface area contributed by atoms with Crippen LogP contribution in [0.2, 0.25) is 0 Å². The SMILES string of the molecule is CC(C)CCCNC(O)n1cnc(-c2cccnc2)c1. The van der Waals surface area contributed by atoms with Crippen molar-refractivity contribution in [3.63, 3.8) is 0 Å². The molecule has 0 fully saturated rings. The summed E-state index contributed by atoms with van der Waals surface area (Å²) >= 11 is 0. The highest BCUT2D eigenvalue weighted by Gasteiger charge is 2.08. The van der Waals surface area contributed by atoms with Gasteiger partial charge in [-0.25, -0.2) is 4.98 Å². The maximum Gasteiger partial charge on any atom is 0.188 e. The van der Waals surface area contributed by atoms with Crippen LogP contribution in [0.15, 0.2) is 37.1 Å². The first-order valence-electron chi connectivity index (χ1n) is 7.02. The first-order valence-corrected chi connectivity index (χ1v) is 7.02. The summed E-state index contributed by atoms with van der Waals surface area (Å²) in [6.07, 6.45) is 8.41. The summed E-state index contributed by atoms with van der Waals surface area (Å²) < 4.78 is 1.66. The van der Waals surface area contributed by atoms with E-state index in [1.807, 2.05) is 18.3 Å². The number of hydrogen-bond acceptors (Lipinski definition) is 4. The van der Waals surface area contributed by atoms with E-state index in [-0.39, 0.29) is 0 Å². The number of aromatic nitrogens is 3. The van der Waals surface area contributed by atoms with Crippen LogP contribution in [0.25, 0.3) is 11.3 Å². The molecule has 1 unspecified atom stereocenters. The molecule has 2 heterocycles. The van der Waals surface area contributed by atoms with Crippen molar-refractivity contribution in [2.45, 2.75) is 33.0 Å². The van der Waals surface area contributed by atoms with Gasteiger partial charge in [-0.05, 0) is 37.4 Å². The summed E-state index contributed by atoms with van der Waals surface area (Å²) in [4.78, 5) is 8.35. The molecule has 2 N–H and O–H groups in total. The fourth-order valence-electron chi connectivity index (χ4n) is 1.98. The Morgan fingerprint density at radius 1 is 1.40 bits per heavy atom. The lowest BCUT2D eigenvalue weighted by Gasteiger charge is -2.14. The van der Waals surface area contributed by atoms with Gasteiger partial charge in [0.1, 0.15) is 0 Å². The molecular formula is C15H22N4O. The molecule has 0 aliphatic rings. The quantitative estimate of drug-likeness (QED) is 0.601. The molecular weight excluding hydrogens is 252 g/mol. The normalized spacial score (nSPS) is 12.8. The Kier molecular flexibility index (Phi) is 5.26. The van der Waals surface area contributed by atoms with Gasteiger partial charge in [0.15, 0.2) is 6.35 Å². The second kappa shape index (κ2) is 7.17. The fraction of sp³-hybridized carbons (Fsp3) is 0.467. The molecule has 0 amide bonds. The van der Waals surface area contributed by atoms with E-state index in [9.17, 15) is 5.11 Å². The smallest absolute Gasteiger partial charge is 0.188 e. The van der Waals surface area contributed by atoms with Gasteiger partial charge in [0.2, 0.25) is 0 Å². The van der Waals surface area contributed by atoms with Crippen LogP contribution in [-0.4, -0.2) is 26.2 Å². The molecule has 0 radical (unpaired) electrons. The van der Waals surface area contributed by atoms with Crippen LogP contribution in [0.1, 0.15) is 33.0 Å². The van der Waals surface area contributed by atoms with Gasteiger partial charge < -0.3 is 5.11 Å². The Labute approximate surface area is 119 Å². The summed E-state index contributed by atoms with van der Waals surface area (Å²) in [6, 6.07) is 3.82. The van der Waals surface area contributed by atoms with Crippen molar-refractivity contribution in [1.29, 1.82) is 0 Å². The van der Waals surface area contributed by atoms with Crippen LogP contribution in [-0.2, 0) is 0 Å². The predicted octanol–water partition coefficient (Wildman–Crippen LogP) is 2.42. The summed E-state index contributed by atoms with van der Waals surface area (Å²) in [5.74, 6) is 0.694. The molecule has 0 aliphatic carbocycles. The molecule has 2 aromatic heterocycles. The molecule has 0 saturated heterocycles. The van der Waals surface area contributed by atoms with Gasteiger partial charge in [0.05, 0.1) is 12.0 Å². The third-order valence-corrected chi connectivity index (χ3v) is 3.13. The number of imidazole rings is 1. The van der Waals surface area contributed by atoms with Crippen LogP contribution in [0.3, 0.4) is 0 Å². The van der Waals surface area contributed by atoms with E-state index in [4.69, 9.17) is 0 Å². The second-order valence-electron chi connectivity index (χ2n) is 5.31. The van der Waals surface area contributed by atoms with Gasteiger partial charge in [-0.3, -0.25) is 14.9 Å². The predicted molar refractivity (Wildman–Crippen MR) is 78.8 cm³/mol. The highest BCUT2D eigenvalue weighted by atomic mass is 16.3. The van der Waals surface area contributed by atoms with Gasteiger partial charge in [-0.2, -0.15) is 0 Å². The van der Waals surface area contributed by atoms with Crippen molar-refractivity contribution in [3.05, 3.63) is 37.1 Å². The van der Waals surface area contributed by atoms with Crippen molar-refractivity contribution in [3.8, 4) is 11.3 Å². The first-order chi connectivity index (χ1) is 9.66. The monoisotopic (exact) mass is 274 g/mol. The second-order valence-corrected chi connectivity index (χ2v) is 5.31. The van der Waals surface area contributed by atoms with Crippen molar-refractivity contribution in [2.24, 2.45) is 5.92 Å². The zero-order valence-corrected chi connectivity index (χ0v) is 12.0. The maximum atomic E-state index is 10.0. The summed E-state index contributed by atoms with van der Waals surface area (Å²) in [5, 5.41) is 13.1. The Hall–Kier alpha value is -1.72. The average molecular weight is 274 g/mol. The third kappa shape index (κ3) is 4.15. The average Bonchev–Trinajstić information content (AvgIpc) is 2.94. The van der Waals surface area contributed by atoms with Crippen molar-refractivity contribution < 1.29 is 5.11 Å². The molecule has 2 rings (SSSR count). The zero-order valence-electron chi connectivity index (χ0n) is 12.0. The lowest BCUT2D eigenvalue weighted by Crippen LogP contribution is -2.26. The highest BCUT2D eigenvalue weighted by Crippen LogP contribution is 2.16. The number of hydrogen-bond donors (Lipinski definition) is 2. The zero-order chi connectivity index (χ0) is 14.4. The van der Waals surface area contributed by atoms with Gasteiger partial charge in [0, 0.05) is 24.2 Å². The van der Waals surface area contributed by atoms with E-state index in [0.29, 0.717) is 5.92 Å². The minimum absolute atomic E-state index is 0.694. The Balaban J connectivity index is 1.88. The minimum atomic E-state index is -0.736. The Morgan fingerprint density at radius 2 is 2.25 bits per heavy atom. The third-order valence-electron chi connectivity index (χ3n) is 3.13. The molecule has 0 saturated carbocycles. The van der Waals surface area contributed by atoms with E-state index in [1.165, 1.54) is 0 Å². The van der Waals surface area contributed by atoms with Crippen molar-refractivity contribution in [1.82, 2.24) is 19.9 Å². The van der Waals surface area contributed by atoms with Crippen molar-refractivity contribution in [2.75, 3.05) is 6.54 Å². The fourth-order valence-corrected chi connectivity index (χ4v) is 1.98. The Bertz CT molecular complexity index is 510. The Morgan fingerprint density at radius 3 is 2.95 bits per heavy atom. The van der Waals surface area contributed by atoms with Crippen LogP contribution in [0.5, 0.6) is 0 Å². The van der Waals surface area contributed by atoms with Crippen LogP contribution in [0, 0.1) is 5.92 Å². The molecule has 1 atom stereocenters. The molecule has 5 heteroatoms. The van der Waals surface area contributed by atoms with E-state index >= 15 is 0 Å². The lowest BCUT2D eigenvalue weighted by molar-refractivity contribution is 0.0672. The van der Waals surface area contributed by atoms with E-state index < -0.39 is 6.35 Å². The van der Waals surface area contributed by atoms with Gasteiger partial charge >= 0.3 is 0 Å². The van der Waals surface area contributed by atoms with Crippen LogP contribution >= 0.6 is 0 Å². The highest BCUT2D eigenvalue weighted by molar-refractivity contribution is 5.56. The van der Waals surface area contributed by atoms with E-state index in [1.54, 1.807) is 23.3 Å². The van der Waals surface area contributed by atoms with Crippen LogP contribution in [0.4, 0.5) is 0 Å².